The summed E-state index contributed by atoms with van der Waals surface area (Å²) >= 11 is 1.80. The van der Waals surface area contributed by atoms with E-state index in [1.165, 1.54) is 17.2 Å². The Balaban J connectivity index is 1.52. The summed E-state index contributed by atoms with van der Waals surface area (Å²) in [6.45, 7) is 1.10. The Hall–Kier alpha value is -4.01. The molecule has 7 nitrogen and oxygen atoms in total. The molecule has 190 valence electrons. The SMILES string of the molecule is O=C1c2c(O)c(=O)ccn2N([C@H]2c3ccccc3SCc3c(-c4ccccc4)cccc32)[C@H]2COCCN12. The number of morpholine rings is 1. The first-order valence-corrected chi connectivity index (χ1v) is 13.6. The van der Waals surface area contributed by atoms with Crippen molar-refractivity contribution in [3.8, 4) is 16.9 Å². The summed E-state index contributed by atoms with van der Waals surface area (Å²) < 4.78 is 7.57. The number of hydrogen-bond donors (Lipinski definition) is 1. The lowest BCUT2D eigenvalue weighted by Gasteiger charge is -2.51. The highest BCUT2D eigenvalue weighted by Crippen LogP contribution is 2.46. The van der Waals surface area contributed by atoms with Crippen molar-refractivity contribution >= 4 is 17.7 Å². The molecular formula is C30H25N3O4S. The van der Waals surface area contributed by atoms with E-state index < -0.39 is 17.3 Å². The van der Waals surface area contributed by atoms with Crippen LogP contribution in [-0.2, 0) is 10.5 Å². The molecule has 8 heteroatoms. The number of thioether (sulfide) groups is 1. The highest BCUT2D eigenvalue weighted by atomic mass is 32.2. The monoisotopic (exact) mass is 523 g/mol. The minimum Gasteiger partial charge on any atom is -0.502 e. The lowest BCUT2D eigenvalue weighted by atomic mass is 9.89. The number of ether oxygens (including phenoxy) is 1. The molecule has 0 saturated carbocycles. The van der Waals surface area contributed by atoms with Gasteiger partial charge >= 0.3 is 0 Å². The quantitative estimate of drug-likeness (QED) is 0.421. The molecule has 0 aliphatic carbocycles. The standard InChI is InChI=1S/C30H25N3O4S/c34-24-13-14-32-28(29(24)35)30(36)31-15-16-37-17-26(31)33(32)27-21-11-6-10-20(19-7-2-1-3-8-19)23(21)18-38-25-12-5-4-9-22(25)27/h1-14,26-27,35H,15-18H2/t26-,27+/m0/s1. The van der Waals surface area contributed by atoms with Crippen LogP contribution in [0.15, 0.2) is 94.7 Å². The zero-order chi connectivity index (χ0) is 25.8. The number of fused-ring (bicyclic) bond motifs is 4. The molecule has 3 aliphatic rings. The summed E-state index contributed by atoms with van der Waals surface area (Å²) in [6, 6.07) is 26.1. The van der Waals surface area contributed by atoms with Crippen molar-refractivity contribution in [3.63, 3.8) is 0 Å². The average molecular weight is 524 g/mol. The predicted molar refractivity (Wildman–Crippen MR) is 146 cm³/mol. The van der Waals surface area contributed by atoms with Gasteiger partial charge in [-0.3, -0.25) is 19.3 Å². The van der Waals surface area contributed by atoms with Gasteiger partial charge in [0.15, 0.2) is 11.4 Å². The highest BCUT2D eigenvalue weighted by Gasteiger charge is 2.45. The third-order valence-electron chi connectivity index (χ3n) is 7.62. The number of aromatic nitrogens is 1. The number of nitrogens with zero attached hydrogens (tertiary/aromatic N) is 3. The normalized spacial score (nSPS) is 20.2. The predicted octanol–water partition coefficient (Wildman–Crippen LogP) is 4.37. The lowest BCUT2D eigenvalue weighted by Crippen LogP contribution is -2.66. The van der Waals surface area contributed by atoms with Gasteiger partial charge in [0.1, 0.15) is 6.17 Å². The third-order valence-corrected chi connectivity index (χ3v) is 8.73. The zero-order valence-corrected chi connectivity index (χ0v) is 21.3. The summed E-state index contributed by atoms with van der Waals surface area (Å²) in [7, 11) is 0. The van der Waals surface area contributed by atoms with Gasteiger partial charge in [0.05, 0.1) is 19.3 Å². The number of hydrogen-bond acceptors (Lipinski definition) is 6. The molecule has 0 unspecified atom stereocenters. The molecule has 1 N–H and O–H groups in total. The molecule has 1 saturated heterocycles. The van der Waals surface area contributed by atoms with Crippen molar-refractivity contribution in [1.29, 1.82) is 0 Å². The maximum Gasteiger partial charge on any atom is 0.278 e. The number of carbonyl (C=O) groups excluding carboxylic acids is 1. The molecule has 4 aromatic rings. The molecule has 0 radical (unpaired) electrons. The summed E-state index contributed by atoms with van der Waals surface area (Å²) in [5, 5.41) is 12.9. The van der Waals surface area contributed by atoms with Gasteiger partial charge in [0.25, 0.3) is 5.91 Å². The third kappa shape index (κ3) is 3.48. The Morgan fingerprint density at radius 1 is 0.895 bits per heavy atom. The molecule has 1 aromatic heterocycles. The van der Waals surface area contributed by atoms with Gasteiger partial charge in [-0.1, -0.05) is 66.7 Å². The maximum absolute atomic E-state index is 13.6. The number of pyridine rings is 1. The van der Waals surface area contributed by atoms with E-state index in [-0.39, 0.29) is 17.6 Å². The van der Waals surface area contributed by atoms with Crippen molar-refractivity contribution in [2.45, 2.75) is 22.9 Å². The Morgan fingerprint density at radius 2 is 1.68 bits per heavy atom. The largest absolute Gasteiger partial charge is 0.502 e. The van der Waals surface area contributed by atoms with E-state index in [1.807, 2.05) is 30.3 Å². The molecule has 38 heavy (non-hydrogen) atoms. The van der Waals surface area contributed by atoms with Crippen molar-refractivity contribution in [1.82, 2.24) is 9.58 Å². The van der Waals surface area contributed by atoms with Crippen LogP contribution in [0.5, 0.6) is 5.75 Å². The minimum absolute atomic E-state index is 0.00852. The molecule has 3 aliphatic heterocycles. The van der Waals surface area contributed by atoms with Crippen molar-refractivity contribution in [2.24, 2.45) is 0 Å². The fourth-order valence-corrected chi connectivity index (χ4v) is 7.03. The van der Waals surface area contributed by atoms with E-state index in [4.69, 9.17) is 4.74 Å². The van der Waals surface area contributed by atoms with Crippen LogP contribution in [0.25, 0.3) is 11.1 Å². The number of benzene rings is 3. The number of carbonyl (C=O) groups is 1. The minimum atomic E-state index is -0.570. The van der Waals surface area contributed by atoms with Gasteiger partial charge in [0.2, 0.25) is 5.43 Å². The van der Waals surface area contributed by atoms with Crippen LogP contribution in [0, 0.1) is 0 Å². The Kier molecular flexibility index (Phi) is 5.52. The highest BCUT2D eigenvalue weighted by molar-refractivity contribution is 7.98. The summed E-state index contributed by atoms with van der Waals surface area (Å²) in [5.41, 5.74) is 5.18. The fourth-order valence-electron chi connectivity index (χ4n) is 5.88. The number of amides is 1. The molecular weight excluding hydrogens is 498 g/mol. The summed E-state index contributed by atoms with van der Waals surface area (Å²) in [4.78, 5) is 28.9. The molecule has 7 rings (SSSR count). The number of aromatic hydroxyl groups is 1. The van der Waals surface area contributed by atoms with E-state index in [1.54, 1.807) is 27.5 Å². The van der Waals surface area contributed by atoms with Gasteiger partial charge in [0, 0.05) is 29.5 Å². The van der Waals surface area contributed by atoms with Crippen LogP contribution in [-0.4, -0.2) is 46.5 Å². The first-order valence-electron chi connectivity index (χ1n) is 12.6. The second-order valence-electron chi connectivity index (χ2n) is 9.62. The van der Waals surface area contributed by atoms with Crippen molar-refractivity contribution in [3.05, 3.63) is 118 Å². The van der Waals surface area contributed by atoms with Crippen LogP contribution in [0.4, 0.5) is 0 Å². The Morgan fingerprint density at radius 3 is 2.55 bits per heavy atom. The zero-order valence-electron chi connectivity index (χ0n) is 20.5. The van der Waals surface area contributed by atoms with Crippen LogP contribution < -0.4 is 10.4 Å². The first-order chi connectivity index (χ1) is 18.6. The van der Waals surface area contributed by atoms with E-state index in [2.05, 4.69) is 47.5 Å². The molecule has 1 fully saturated rings. The molecule has 3 aromatic carbocycles. The van der Waals surface area contributed by atoms with E-state index in [0.29, 0.717) is 19.8 Å². The van der Waals surface area contributed by atoms with Crippen LogP contribution >= 0.6 is 11.8 Å². The van der Waals surface area contributed by atoms with Gasteiger partial charge in [-0.15, -0.1) is 11.8 Å². The molecule has 1 amide bonds. The maximum atomic E-state index is 13.6. The number of rotatable bonds is 2. The van der Waals surface area contributed by atoms with Crippen LogP contribution in [0.2, 0.25) is 0 Å². The topological polar surface area (TPSA) is 75.0 Å². The van der Waals surface area contributed by atoms with Gasteiger partial charge in [-0.05, 0) is 33.9 Å². The van der Waals surface area contributed by atoms with E-state index in [9.17, 15) is 14.7 Å². The van der Waals surface area contributed by atoms with E-state index >= 15 is 0 Å². The molecule has 2 atom stereocenters. The summed E-state index contributed by atoms with van der Waals surface area (Å²) in [6.07, 6.45) is 1.18. The lowest BCUT2D eigenvalue weighted by molar-refractivity contribution is -0.0197. The smallest absolute Gasteiger partial charge is 0.278 e. The summed E-state index contributed by atoms with van der Waals surface area (Å²) in [5.74, 6) is -0.102. The van der Waals surface area contributed by atoms with Crippen molar-refractivity contribution < 1.29 is 14.6 Å². The molecule has 0 spiro atoms. The van der Waals surface area contributed by atoms with Gasteiger partial charge in [-0.2, -0.15) is 0 Å². The average Bonchev–Trinajstić information content (AvgIpc) is 3.13. The molecule has 0 bridgehead atoms. The van der Waals surface area contributed by atoms with Crippen LogP contribution in [0.3, 0.4) is 0 Å². The fraction of sp³-hybridized carbons (Fsp3) is 0.200. The second-order valence-corrected chi connectivity index (χ2v) is 10.6. The van der Waals surface area contributed by atoms with Crippen LogP contribution in [0.1, 0.15) is 33.2 Å². The van der Waals surface area contributed by atoms with Crippen molar-refractivity contribution in [2.75, 3.05) is 24.8 Å². The Labute approximate surface area is 223 Å². The molecule has 4 heterocycles. The van der Waals surface area contributed by atoms with Gasteiger partial charge in [-0.25, -0.2) is 0 Å². The first kappa shape index (κ1) is 23.1. The van der Waals surface area contributed by atoms with Gasteiger partial charge < -0.3 is 14.7 Å². The second kappa shape index (κ2) is 9.08. The van der Waals surface area contributed by atoms with E-state index in [0.717, 1.165) is 27.3 Å². The Bertz CT molecular complexity index is 1620.